The first-order chi connectivity index (χ1) is 7.65. The molecule has 0 radical (unpaired) electrons. The highest BCUT2D eigenvalue weighted by molar-refractivity contribution is 7.99. The number of halogens is 1. The number of nitrogens with two attached hydrogens (primary N) is 1. The van der Waals surface area contributed by atoms with Crippen LogP contribution in [0.2, 0.25) is 0 Å². The molecule has 0 aliphatic rings. The Morgan fingerprint density at radius 3 is 2.81 bits per heavy atom. The lowest BCUT2D eigenvalue weighted by molar-refractivity contribution is 0.341. The molecule has 1 aromatic rings. The Morgan fingerprint density at radius 2 is 2.25 bits per heavy atom. The summed E-state index contributed by atoms with van der Waals surface area (Å²) in [5.74, 6) is 2.27. The molecular weight excluding hydrogens is 225 g/mol. The number of hydrogen-bond donors (Lipinski definition) is 1. The van der Waals surface area contributed by atoms with Crippen LogP contribution < -0.4 is 10.5 Å². The maximum absolute atomic E-state index is 13.5. The van der Waals surface area contributed by atoms with Crippen LogP contribution in [-0.2, 0) is 0 Å². The quantitative estimate of drug-likeness (QED) is 0.780. The summed E-state index contributed by atoms with van der Waals surface area (Å²) in [6, 6.07) is 4.56. The molecule has 0 fully saturated rings. The molecule has 0 saturated carbocycles. The number of ether oxygens (including phenoxy) is 1. The highest BCUT2D eigenvalue weighted by Gasteiger charge is 2.07. The summed E-state index contributed by atoms with van der Waals surface area (Å²) in [5, 5.41) is 0. The third kappa shape index (κ3) is 4.02. The van der Waals surface area contributed by atoms with Gasteiger partial charge in [-0.15, -0.1) is 0 Å². The summed E-state index contributed by atoms with van der Waals surface area (Å²) in [4.78, 5) is 0. The Labute approximate surface area is 100 Å². The normalized spacial score (nSPS) is 12.5. The monoisotopic (exact) mass is 243 g/mol. The van der Waals surface area contributed by atoms with Gasteiger partial charge in [-0.1, -0.05) is 13.0 Å². The minimum atomic E-state index is -0.296. The van der Waals surface area contributed by atoms with Crippen LogP contribution in [0, 0.1) is 5.82 Å². The SMILES string of the molecule is CCSCCOc1ccc([C@@H](C)N)c(F)c1. The Bertz CT molecular complexity index is 331. The minimum absolute atomic E-state index is 0.287. The van der Waals surface area contributed by atoms with E-state index < -0.39 is 0 Å². The van der Waals surface area contributed by atoms with Crippen molar-refractivity contribution in [3.8, 4) is 5.75 Å². The molecule has 0 bridgehead atoms. The van der Waals surface area contributed by atoms with Gasteiger partial charge in [0.15, 0.2) is 0 Å². The summed E-state index contributed by atoms with van der Waals surface area (Å²) < 4.78 is 18.9. The van der Waals surface area contributed by atoms with Crippen LogP contribution in [0.5, 0.6) is 5.75 Å². The molecule has 0 amide bonds. The molecule has 0 aromatic heterocycles. The van der Waals surface area contributed by atoms with E-state index in [1.165, 1.54) is 6.07 Å². The molecule has 0 spiro atoms. The first-order valence-corrected chi connectivity index (χ1v) is 6.56. The molecule has 1 aromatic carbocycles. The number of hydrogen-bond acceptors (Lipinski definition) is 3. The van der Waals surface area contributed by atoms with E-state index in [4.69, 9.17) is 10.5 Å². The van der Waals surface area contributed by atoms with Crippen molar-refractivity contribution in [2.24, 2.45) is 5.73 Å². The van der Waals surface area contributed by atoms with Crippen molar-refractivity contribution in [3.05, 3.63) is 29.6 Å². The van der Waals surface area contributed by atoms with Crippen molar-refractivity contribution in [2.75, 3.05) is 18.1 Å². The number of rotatable bonds is 6. The van der Waals surface area contributed by atoms with E-state index in [1.54, 1.807) is 30.8 Å². The van der Waals surface area contributed by atoms with Crippen LogP contribution in [0.3, 0.4) is 0 Å². The van der Waals surface area contributed by atoms with Crippen molar-refractivity contribution in [1.82, 2.24) is 0 Å². The fourth-order valence-corrected chi connectivity index (χ4v) is 1.82. The molecule has 4 heteroatoms. The average molecular weight is 243 g/mol. The Morgan fingerprint density at radius 1 is 1.50 bits per heavy atom. The van der Waals surface area contributed by atoms with E-state index >= 15 is 0 Å². The van der Waals surface area contributed by atoms with Crippen LogP contribution in [0.15, 0.2) is 18.2 Å². The maximum atomic E-state index is 13.5. The summed E-state index contributed by atoms with van der Waals surface area (Å²) in [6.07, 6.45) is 0. The van der Waals surface area contributed by atoms with E-state index in [0.717, 1.165) is 11.5 Å². The highest BCUT2D eigenvalue weighted by atomic mass is 32.2. The van der Waals surface area contributed by atoms with Crippen LogP contribution >= 0.6 is 11.8 Å². The predicted octanol–water partition coefficient (Wildman–Crippen LogP) is 2.98. The molecule has 0 saturated heterocycles. The largest absolute Gasteiger partial charge is 0.493 e. The lowest BCUT2D eigenvalue weighted by Crippen LogP contribution is -2.08. The molecule has 0 heterocycles. The van der Waals surface area contributed by atoms with Gasteiger partial charge in [0.05, 0.1) is 6.61 Å². The van der Waals surface area contributed by atoms with E-state index in [0.29, 0.717) is 17.9 Å². The van der Waals surface area contributed by atoms with Crippen LogP contribution in [-0.4, -0.2) is 18.1 Å². The van der Waals surface area contributed by atoms with Crippen LogP contribution in [0.1, 0.15) is 25.5 Å². The van der Waals surface area contributed by atoms with Gasteiger partial charge in [-0.05, 0) is 18.7 Å². The fraction of sp³-hybridized carbons (Fsp3) is 0.500. The van der Waals surface area contributed by atoms with Gasteiger partial charge in [-0.2, -0.15) is 11.8 Å². The van der Waals surface area contributed by atoms with Crippen LogP contribution in [0.4, 0.5) is 4.39 Å². The van der Waals surface area contributed by atoms with Gasteiger partial charge in [-0.25, -0.2) is 4.39 Å². The second-order valence-corrected chi connectivity index (χ2v) is 4.91. The van der Waals surface area contributed by atoms with Crippen molar-refractivity contribution >= 4 is 11.8 Å². The van der Waals surface area contributed by atoms with Crippen molar-refractivity contribution in [2.45, 2.75) is 19.9 Å². The van der Waals surface area contributed by atoms with Crippen molar-refractivity contribution < 1.29 is 9.13 Å². The van der Waals surface area contributed by atoms with Crippen molar-refractivity contribution in [3.63, 3.8) is 0 Å². The Kier molecular flexibility index (Phi) is 5.63. The van der Waals surface area contributed by atoms with E-state index in [2.05, 4.69) is 6.92 Å². The zero-order valence-corrected chi connectivity index (χ0v) is 10.5. The molecule has 1 rings (SSSR count). The summed E-state index contributed by atoms with van der Waals surface area (Å²) in [6.45, 7) is 4.47. The molecule has 0 unspecified atom stereocenters. The first kappa shape index (κ1) is 13.3. The topological polar surface area (TPSA) is 35.2 Å². The predicted molar refractivity (Wildman–Crippen MR) is 67.5 cm³/mol. The molecule has 0 aliphatic heterocycles. The molecule has 0 aliphatic carbocycles. The number of thioether (sulfide) groups is 1. The second kappa shape index (κ2) is 6.76. The standard InChI is InChI=1S/C12H18FNOS/c1-3-16-7-6-15-10-4-5-11(9(2)14)12(13)8-10/h4-5,8-9H,3,6-7,14H2,1-2H3/t9-/m1/s1. The lowest BCUT2D eigenvalue weighted by atomic mass is 10.1. The summed E-state index contributed by atoms with van der Waals surface area (Å²) in [5.41, 5.74) is 6.14. The van der Waals surface area contributed by atoms with Gasteiger partial charge in [0.2, 0.25) is 0 Å². The van der Waals surface area contributed by atoms with Gasteiger partial charge < -0.3 is 10.5 Å². The van der Waals surface area contributed by atoms with Crippen molar-refractivity contribution in [1.29, 1.82) is 0 Å². The smallest absolute Gasteiger partial charge is 0.131 e. The van der Waals surface area contributed by atoms with Gasteiger partial charge >= 0.3 is 0 Å². The van der Waals surface area contributed by atoms with E-state index in [-0.39, 0.29) is 11.9 Å². The van der Waals surface area contributed by atoms with Gasteiger partial charge in [0.1, 0.15) is 11.6 Å². The zero-order chi connectivity index (χ0) is 12.0. The molecule has 90 valence electrons. The van der Waals surface area contributed by atoms with E-state index in [9.17, 15) is 4.39 Å². The molecule has 2 N–H and O–H groups in total. The Balaban J connectivity index is 2.53. The van der Waals surface area contributed by atoms with Gasteiger partial charge in [-0.3, -0.25) is 0 Å². The third-order valence-corrected chi connectivity index (χ3v) is 3.03. The zero-order valence-electron chi connectivity index (χ0n) is 9.70. The second-order valence-electron chi connectivity index (χ2n) is 3.52. The maximum Gasteiger partial charge on any atom is 0.131 e. The summed E-state index contributed by atoms with van der Waals surface area (Å²) in [7, 11) is 0. The first-order valence-electron chi connectivity index (χ1n) is 5.40. The Hall–Kier alpha value is -0.740. The van der Waals surface area contributed by atoms with E-state index in [1.807, 2.05) is 0 Å². The third-order valence-electron chi connectivity index (χ3n) is 2.16. The molecular formula is C12H18FNOS. The fourth-order valence-electron chi connectivity index (χ4n) is 1.33. The summed E-state index contributed by atoms with van der Waals surface area (Å²) >= 11 is 1.80. The molecule has 2 nitrogen and oxygen atoms in total. The van der Waals surface area contributed by atoms with Gasteiger partial charge in [0.25, 0.3) is 0 Å². The molecule has 1 atom stereocenters. The average Bonchev–Trinajstić information content (AvgIpc) is 2.24. The number of benzene rings is 1. The highest BCUT2D eigenvalue weighted by Crippen LogP contribution is 2.20. The van der Waals surface area contributed by atoms with Gasteiger partial charge in [0, 0.05) is 23.4 Å². The van der Waals surface area contributed by atoms with Crippen LogP contribution in [0.25, 0.3) is 0 Å². The lowest BCUT2D eigenvalue weighted by Gasteiger charge is -2.10. The molecule has 16 heavy (non-hydrogen) atoms. The minimum Gasteiger partial charge on any atom is -0.493 e.